The highest BCUT2D eigenvalue weighted by atomic mass is 16.6. The average Bonchev–Trinajstić information content (AvgIpc) is 3.09. The van der Waals surface area contributed by atoms with Crippen LogP contribution >= 0.6 is 0 Å². The minimum Gasteiger partial charge on any atom is -0.462 e. The van der Waals surface area contributed by atoms with E-state index in [1.54, 1.807) is 0 Å². The van der Waals surface area contributed by atoms with Crippen LogP contribution in [0, 0.1) is 33.8 Å². The average molecular weight is 302 g/mol. The normalized spacial score (nSPS) is 34.5. The molecular weight excluding hydrogens is 288 g/mol. The summed E-state index contributed by atoms with van der Waals surface area (Å²) >= 11 is 0. The van der Waals surface area contributed by atoms with Crippen molar-refractivity contribution in [3.8, 4) is 0 Å². The van der Waals surface area contributed by atoms with Crippen LogP contribution in [0.5, 0.6) is 0 Å². The smallest absolute Gasteiger partial charge is 0.310 e. The molecule has 1 aromatic carbocycles. The Morgan fingerprint density at radius 3 is 2.68 bits per heavy atom. The Balaban J connectivity index is 1.51. The van der Waals surface area contributed by atoms with Gasteiger partial charge in [-0.3, -0.25) is 19.7 Å². The molecule has 7 nitrogen and oxygen atoms in total. The molecule has 2 aliphatic carbocycles. The number of nitrogens with zero attached hydrogens (tertiary/aromatic N) is 1. The van der Waals surface area contributed by atoms with Gasteiger partial charge in [0.1, 0.15) is 6.10 Å². The summed E-state index contributed by atoms with van der Waals surface area (Å²) in [7, 11) is 0. The molecule has 1 saturated heterocycles. The summed E-state index contributed by atoms with van der Waals surface area (Å²) in [5.74, 6) is -0.717. The topological polar surface area (TPSA) is 98.5 Å². The largest absolute Gasteiger partial charge is 0.462 e. The van der Waals surface area contributed by atoms with Crippen LogP contribution in [0.25, 0.3) is 0 Å². The number of esters is 1. The molecule has 1 N–H and O–H groups in total. The van der Waals surface area contributed by atoms with Gasteiger partial charge in [-0.15, -0.1) is 0 Å². The van der Waals surface area contributed by atoms with Crippen molar-refractivity contribution >= 4 is 23.3 Å². The molecule has 0 radical (unpaired) electrons. The Morgan fingerprint density at radius 2 is 2.00 bits per heavy atom. The molecule has 2 saturated carbocycles. The number of hydrogen-bond donors (Lipinski definition) is 1. The number of fused-ring (bicyclic) bond motifs is 1. The van der Waals surface area contributed by atoms with E-state index in [1.165, 1.54) is 24.3 Å². The number of rotatable bonds is 3. The third-order valence-electron chi connectivity index (χ3n) is 5.13. The lowest BCUT2D eigenvalue weighted by Gasteiger charge is -2.23. The van der Waals surface area contributed by atoms with Gasteiger partial charge in [0.05, 0.1) is 16.8 Å². The van der Waals surface area contributed by atoms with Crippen molar-refractivity contribution in [2.45, 2.75) is 18.9 Å². The van der Waals surface area contributed by atoms with Crippen LogP contribution in [-0.4, -0.2) is 22.9 Å². The third kappa shape index (κ3) is 1.81. The van der Waals surface area contributed by atoms with Crippen molar-refractivity contribution in [2.24, 2.45) is 23.7 Å². The highest BCUT2D eigenvalue weighted by molar-refractivity contribution is 5.97. The van der Waals surface area contributed by atoms with Crippen molar-refractivity contribution in [2.75, 3.05) is 5.32 Å². The van der Waals surface area contributed by atoms with Gasteiger partial charge in [0.25, 0.3) is 5.69 Å². The monoisotopic (exact) mass is 302 g/mol. The number of non-ortho nitro benzene ring substituents is 1. The van der Waals surface area contributed by atoms with Crippen molar-refractivity contribution in [1.82, 2.24) is 0 Å². The first-order valence-electron chi connectivity index (χ1n) is 7.30. The van der Waals surface area contributed by atoms with Gasteiger partial charge in [-0.2, -0.15) is 0 Å². The predicted octanol–water partition coefficient (Wildman–Crippen LogP) is 1.73. The number of carbonyl (C=O) groups is 2. The quantitative estimate of drug-likeness (QED) is 0.521. The minimum absolute atomic E-state index is 0.00549. The molecule has 1 aromatic rings. The molecule has 2 bridgehead atoms. The SMILES string of the molecule is O=C(Nc1ccc([N+](=O)[O-])cc1)[C@@H]1[C@@H]2C[C@@H]3[C@H]1C(=O)O[C@@H]3C2. The Morgan fingerprint density at radius 1 is 1.27 bits per heavy atom. The van der Waals surface area contributed by atoms with E-state index >= 15 is 0 Å². The molecule has 1 amide bonds. The van der Waals surface area contributed by atoms with Crippen molar-refractivity contribution < 1.29 is 19.2 Å². The van der Waals surface area contributed by atoms with Crippen LogP contribution < -0.4 is 5.32 Å². The molecule has 7 heteroatoms. The third-order valence-corrected chi connectivity index (χ3v) is 5.13. The highest BCUT2D eigenvalue weighted by Crippen LogP contribution is 2.57. The number of hydrogen-bond acceptors (Lipinski definition) is 5. The maximum atomic E-state index is 12.5. The second-order valence-corrected chi connectivity index (χ2v) is 6.22. The van der Waals surface area contributed by atoms with Gasteiger partial charge < -0.3 is 10.1 Å². The highest BCUT2D eigenvalue weighted by Gasteiger charge is 2.63. The molecule has 1 heterocycles. The standard InChI is InChI=1S/C15H14N2O5/c18-14(16-8-1-3-9(4-2-8)17(20)21)12-7-5-10-11(6-7)22-15(19)13(10)12/h1-4,7,10-13H,5-6H2,(H,16,18)/t7-,10+,11-,12-,13-/m1/s1. The first-order chi connectivity index (χ1) is 10.5. The zero-order chi connectivity index (χ0) is 15.4. The van der Waals surface area contributed by atoms with Crippen LogP contribution in [0.1, 0.15) is 12.8 Å². The number of anilines is 1. The number of nitro benzene ring substituents is 1. The lowest BCUT2D eigenvalue weighted by atomic mass is 9.79. The van der Waals surface area contributed by atoms with Gasteiger partial charge in [0.15, 0.2) is 0 Å². The molecule has 0 aromatic heterocycles. The molecule has 5 atom stereocenters. The number of nitrogens with one attached hydrogen (secondary N) is 1. The maximum Gasteiger partial charge on any atom is 0.310 e. The van der Waals surface area contributed by atoms with E-state index < -0.39 is 4.92 Å². The first-order valence-corrected chi connectivity index (χ1v) is 7.30. The molecule has 114 valence electrons. The van der Waals surface area contributed by atoms with Crippen LogP contribution in [0.15, 0.2) is 24.3 Å². The molecular formula is C15H14N2O5. The predicted molar refractivity (Wildman–Crippen MR) is 74.8 cm³/mol. The van der Waals surface area contributed by atoms with E-state index in [1.807, 2.05) is 0 Å². The van der Waals surface area contributed by atoms with Crippen LogP contribution in [0.4, 0.5) is 11.4 Å². The van der Waals surface area contributed by atoms with Gasteiger partial charge in [-0.1, -0.05) is 0 Å². The van der Waals surface area contributed by atoms with E-state index in [0.29, 0.717) is 5.69 Å². The molecule has 0 unspecified atom stereocenters. The van der Waals surface area contributed by atoms with Crippen LogP contribution in [0.3, 0.4) is 0 Å². The fraction of sp³-hybridized carbons (Fsp3) is 0.467. The fourth-order valence-electron chi connectivity index (χ4n) is 4.26. The summed E-state index contributed by atoms with van der Waals surface area (Å²) in [6.45, 7) is 0. The zero-order valence-electron chi connectivity index (χ0n) is 11.6. The Hall–Kier alpha value is -2.44. The molecule has 1 aliphatic heterocycles. The van der Waals surface area contributed by atoms with Crippen molar-refractivity contribution in [1.29, 1.82) is 0 Å². The van der Waals surface area contributed by atoms with Gasteiger partial charge in [-0.25, -0.2) is 0 Å². The number of amides is 1. The lowest BCUT2D eigenvalue weighted by Crippen LogP contribution is -2.35. The maximum absolute atomic E-state index is 12.5. The molecule has 0 spiro atoms. The molecule has 22 heavy (non-hydrogen) atoms. The van der Waals surface area contributed by atoms with Crippen LogP contribution in [-0.2, 0) is 14.3 Å². The zero-order valence-corrected chi connectivity index (χ0v) is 11.6. The first kappa shape index (κ1) is 13.2. The lowest BCUT2D eigenvalue weighted by molar-refractivity contribution is -0.384. The summed E-state index contributed by atoms with van der Waals surface area (Å²) in [5.41, 5.74) is 0.474. The van der Waals surface area contributed by atoms with E-state index in [2.05, 4.69) is 5.32 Å². The van der Waals surface area contributed by atoms with Gasteiger partial charge in [-0.05, 0) is 30.9 Å². The number of benzene rings is 1. The second-order valence-electron chi connectivity index (χ2n) is 6.22. The Bertz CT molecular complexity index is 669. The van der Waals surface area contributed by atoms with E-state index in [9.17, 15) is 19.7 Å². The van der Waals surface area contributed by atoms with Crippen molar-refractivity contribution in [3.63, 3.8) is 0 Å². The Kier molecular flexibility index (Phi) is 2.72. The van der Waals surface area contributed by atoms with Gasteiger partial charge >= 0.3 is 5.97 Å². The van der Waals surface area contributed by atoms with E-state index in [4.69, 9.17) is 4.74 Å². The van der Waals surface area contributed by atoms with E-state index in [0.717, 1.165) is 12.8 Å². The molecule has 4 rings (SSSR count). The second kappa shape index (κ2) is 4.53. The number of ether oxygens (including phenoxy) is 1. The minimum atomic E-state index is -0.490. The van der Waals surface area contributed by atoms with Crippen molar-refractivity contribution in [3.05, 3.63) is 34.4 Å². The summed E-state index contributed by atoms with van der Waals surface area (Å²) in [6.07, 6.45) is 1.65. The fourth-order valence-corrected chi connectivity index (χ4v) is 4.26. The summed E-state index contributed by atoms with van der Waals surface area (Å²) in [6, 6.07) is 5.69. The van der Waals surface area contributed by atoms with Gasteiger partial charge in [0, 0.05) is 23.7 Å². The summed E-state index contributed by atoms with van der Waals surface area (Å²) < 4.78 is 5.32. The van der Waals surface area contributed by atoms with Gasteiger partial charge in [0.2, 0.25) is 5.91 Å². The number of nitro groups is 1. The summed E-state index contributed by atoms with van der Waals surface area (Å²) in [4.78, 5) is 34.5. The van der Waals surface area contributed by atoms with E-state index in [-0.39, 0.29) is 47.3 Å². The number of carbonyl (C=O) groups excluding carboxylic acids is 2. The van der Waals surface area contributed by atoms with Crippen LogP contribution in [0.2, 0.25) is 0 Å². The summed E-state index contributed by atoms with van der Waals surface area (Å²) in [5, 5.41) is 13.4. The Labute approximate surface area is 125 Å². The molecule has 3 fully saturated rings. The molecule has 3 aliphatic rings.